The highest BCUT2D eigenvalue weighted by atomic mass is 35.5. The summed E-state index contributed by atoms with van der Waals surface area (Å²) in [4.78, 5) is 22.4. The van der Waals surface area contributed by atoms with Crippen LogP contribution in [0.5, 0.6) is 0 Å². The molecule has 1 spiro atoms. The minimum Gasteiger partial charge on any atom is -0.475 e. The van der Waals surface area contributed by atoms with Crippen molar-refractivity contribution in [1.82, 2.24) is 9.80 Å². The van der Waals surface area contributed by atoms with E-state index in [2.05, 4.69) is 16.8 Å². The molecule has 36 heavy (non-hydrogen) atoms. The van der Waals surface area contributed by atoms with E-state index in [1.807, 2.05) is 0 Å². The average molecular weight is 561 g/mol. The second-order valence-corrected chi connectivity index (χ2v) is 8.77. The van der Waals surface area contributed by atoms with Gasteiger partial charge in [0.25, 0.3) is 0 Å². The summed E-state index contributed by atoms with van der Waals surface area (Å²) in [7, 11) is 2.13. The zero-order valence-corrected chi connectivity index (χ0v) is 19.3. The van der Waals surface area contributed by atoms with Crippen LogP contribution >= 0.6 is 11.6 Å². The molecule has 0 bridgehead atoms. The lowest BCUT2D eigenvalue weighted by molar-refractivity contribution is -0.193. The molecule has 0 saturated carbocycles. The van der Waals surface area contributed by atoms with E-state index in [-0.39, 0.29) is 0 Å². The lowest BCUT2D eigenvalue weighted by Crippen LogP contribution is -2.29. The molecule has 3 rings (SSSR count). The Labute approximate surface area is 204 Å². The molecule has 2 saturated heterocycles. The Bertz CT molecular complexity index is 898. The second kappa shape index (κ2) is 11.9. The van der Waals surface area contributed by atoms with Gasteiger partial charge in [0.15, 0.2) is 0 Å². The van der Waals surface area contributed by atoms with Gasteiger partial charge in [-0.15, -0.1) is 0 Å². The average Bonchev–Trinajstić information content (AvgIpc) is 3.27. The number of benzene rings is 1. The highest BCUT2D eigenvalue weighted by Crippen LogP contribution is 2.40. The highest BCUT2D eigenvalue weighted by Gasteiger charge is 2.42. The van der Waals surface area contributed by atoms with Crippen molar-refractivity contribution in [3.8, 4) is 0 Å². The van der Waals surface area contributed by atoms with Gasteiger partial charge >= 0.3 is 30.5 Å². The van der Waals surface area contributed by atoms with E-state index in [4.69, 9.17) is 31.4 Å². The van der Waals surface area contributed by atoms with Crippen LogP contribution in [0.2, 0.25) is 5.02 Å². The van der Waals surface area contributed by atoms with E-state index in [0.717, 1.165) is 38.7 Å². The van der Waals surface area contributed by atoms with Gasteiger partial charge in [0.1, 0.15) is 0 Å². The van der Waals surface area contributed by atoms with Crippen molar-refractivity contribution in [2.45, 2.75) is 37.9 Å². The summed E-state index contributed by atoms with van der Waals surface area (Å²) in [5.74, 6) is -5.51. The Morgan fingerprint density at radius 3 is 1.78 bits per heavy atom. The van der Waals surface area contributed by atoms with Crippen LogP contribution in [0.25, 0.3) is 0 Å². The molecule has 16 heteroatoms. The van der Waals surface area contributed by atoms with Crippen LogP contribution in [-0.2, 0) is 22.3 Å². The van der Waals surface area contributed by atoms with Crippen LogP contribution in [0.15, 0.2) is 18.2 Å². The molecular formula is C20H22ClF9N2O4. The number of halogens is 10. The Balaban J connectivity index is 0.000000383. The normalized spacial score (nSPS) is 21.0. The zero-order chi connectivity index (χ0) is 28.1. The van der Waals surface area contributed by atoms with Crippen molar-refractivity contribution in [1.29, 1.82) is 0 Å². The molecule has 2 heterocycles. The number of hydrogen-bond donors (Lipinski definition) is 2. The van der Waals surface area contributed by atoms with Crippen molar-refractivity contribution in [3.63, 3.8) is 0 Å². The Morgan fingerprint density at radius 2 is 1.39 bits per heavy atom. The maximum absolute atomic E-state index is 12.8. The SMILES string of the molecule is CN1CCC2(CCN(Cc3cc(C(F)(F)F)ccc3Cl)C2)C1.O=C(O)C(F)(F)F.O=C(O)C(F)(F)F. The molecule has 206 valence electrons. The van der Waals surface area contributed by atoms with E-state index in [1.54, 1.807) is 0 Å². The van der Waals surface area contributed by atoms with E-state index >= 15 is 0 Å². The third-order valence-electron chi connectivity index (χ3n) is 5.40. The number of carboxylic acid groups (broad SMARTS) is 2. The van der Waals surface area contributed by atoms with E-state index < -0.39 is 36.0 Å². The minimum absolute atomic E-state index is 0.322. The van der Waals surface area contributed by atoms with Crippen LogP contribution in [-0.4, -0.2) is 77.5 Å². The number of rotatable bonds is 2. The smallest absolute Gasteiger partial charge is 0.475 e. The zero-order valence-electron chi connectivity index (χ0n) is 18.6. The first kappa shape index (κ1) is 31.8. The predicted octanol–water partition coefficient (Wildman–Crippen LogP) is 5.15. The first-order valence-corrected chi connectivity index (χ1v) is 10.4. The largest absolute Gasteiger partial charge is 0.490 e. The monoisotopic (exact) mass is 560 g/mol. The van der Waals surface area contributed by atoms with Gasteiger partial charge in [0, 0.05) is 24.7 Å². The third-order valence-corrected chi connectivity index (χ3v) is 5.77. The summed E-state index contributed by atoms with van der Waals surface area (Å²) in [5, 5.41) is 14.7. The number of hydrogen-bond acceptors (Lipinski definition) is 4. The molecule has 2 N–H and O–H groups in total. The van der Waals surface area contributed by atoms with E-state index in [1.165, 1.54) is 18.6 Å². The number of carboxylic acids is 2. The number of likely N-dealkylation sites (tertiary alicyclic amines) is 2. The molecule has 1 aromatic carbocycles. The topological polar surface area (TPSA) is 81.1 Å². The first-order valence-electron chi connectivity index (χ1n) is 10.0. The molecule has 1 unspecified atom stereocenters. The molecule has 0 aliphatic carbocycles. The molecule has 2 fully saturated rings. The highest BCUT2D eigenvalue weighted by molar-refractivity contribution is 6.31. The van der Waals surface area contributed by atoms with Crippen LogP contribution in [0.1, 0.15) is 24.0 Å². The number of alkyl halides is 9. The summed E-state index contributed by atoms with van der Waals surface area (Å²) in [6, 6.07) is 3.59. The fraction of sp³-hybridized carbons (Fsp3) is 0.600. The molecule has 1 atom stereocenters. The van der Waals surface area contributed by atoms with Crippen LogP contribution in [0.4, 0.5) is 39.5 Å². The van der Waals surface area contributed by atoms with Crippen LogP contribution < -0.4 is 0 Å². The van der Waals surface area contributed by atoms with Crippen molar-refractivity contribution in [2.24, 2.45) is 5.41 Å². The maximum Gasteiger partial charge on any atom is 0.490 e. The van der Waals surface area contributed by atoms with Gasteiger partial charge in [-0.1, -0.05) is 11.6 Å². The van der Waals surface area contributed by atoms with Crippen molar-refractivity contribution in [3.05, 3.63) is 34.3 Å². The van der Waals surface area contributed by atoms with Gasteiger partial charge in [-0.25, -0.2) is 9.59 Å². The van der Waals surface area contributed by atoms with Gasteiger partial charge in [-0.2, -0.15) is 39.5 Å². The predicted molar refractivity (Wildman–Crippen MR) is 108 cm³/mol. The fourth-order valence-corrected chi connectivity index (χ4v) is 3.94. The summed E-state index contributed by atoms with van der Waals surface area (Å²) in [6.07, 6.45) is -12.2. The molecule has 2 aliphatic rings. The van der Waals surface area contributed by atoms with Gasteiger partial charge < -0.3 is 15.1 Å². The molecule has 6 nitrogen and oxygen atoms in total. The molecular weight excluding hydrogens is 539 g/mol. The van der Waals surface area contributed by atoms with Crippen molar-refractivity contribution in [2.75, 3.05) is 33.2 Å². The summed E-state index contributed by atoms with van der Waals surface area (Å²) in [5.41, 5.74) is 0.268. The summed E-state index contributed by atoms with van der Waals surface area (Å²) in [6.45, 7) is 4.57. The lowest BCUT2D eigenvalue weighted by atomic mass is 9.86. The number of nitrogens with zero attached hydrogens (tertiary/aromatic N) is 2. The summed E-state index contributed by atoms with van der Waals surface area (Å²) >= 11 is 6.10. The Hall–Kier alpha value is -2.26. The van der Waals surface area contributed by atoms with Crippen molar-refractivity contribution < 1.29 is 59.3 Å². The number of aliphatic carboxylic acids is 2. The number of carbonyl (C=O) groups is 2. The quantitative estimate of drug-likeness (QED) is 0.487. The molecule has 1 aromatic rings. The second-order valence-electron chi connectivity index (χ2n) is 8.36. The standard InChI is InChI=1S/C16H20ClF3N2.2C2HF3O2/c1-21-6-4-15(10-21)5-7-22(11-15)9-12-8-13(16(18,19)20)2-3-14(12)17;2*3-2(4,5)1(6)7/h2-3,8H,4-7,9-11H2,1H3;2*(H,6,7). The van der Waals surface area contributed by atoms with Gasteiger partial charge in [0.05, 0.1) is 5.56 Å². The molecule has 0 amide bonds. The van der Waals surface area contributed by atoms with Crippen LogP contribution in [0, 0.1) is 5.41 Å². The van der Waals surface area contributed by atoms with E-state index in [9.17, 15) is 39.5 Å². The fourth-order valence-electron chi connectivity index (χ4n) is 3.77. The lowest BCUT2D eigenvalue weighted by Gasteiger charge is -2.24. The Morgan fingerprint density at radius 1 is 0.917 bits per heavy atom. The van der Waals surface area contributed by atoms with Crippen molar-refractivity contribution >= 4 is 23.5 Å². The van der Waals surface area contributed by atoms with Crippen LogP contribution in [0.3, 0.4) is 0 Å². The first-order chi connectivity index (χ1) is 16.2. The molecule has 0 aromatic heterocycles. The van der Waals surface area contributed by atoms with Gasteiger partial charge in [-0.05, 0) is 62.2 Å². The van der Waals surface area contributed by atoms with E-state index in [0.29, 0.717) is 22.5 Å². The van der Waals surface area contributed by atoms with Gasteiger partial charge in [0.2, 0.25) is 0 Å². The minimum atomic E-state index is -5.08. The summed E-state index contributed by atoms with van der Waals surface area (Å²) < 4.78 is 102. The molecule has 2 aliphatic heterocycles. The molecule has 0 radical (unpaired) electrons. The Kier molecular flexibility index (Phi) is 10.5. The third kappa shape index (κ3) is 10.0. The maximum atomic E-state index is 12.8. The van der Waals surface area contributed by atoms with Gasteiger partial charge in [-0.3, -0.25) is 4.90 Å².